The molecule has 2 bridgehead atoms. The summed E-state index contributed by atoms with van der Waals surface area (Å²) in [6.07, 6.45) is 5.44. The zero-order chi connectivity index (χ0) is 10.6. The molecule has 0 aliphatic heterocycles. The Morgan fingerprint density at radius 2 is 1.93 bits per heavy atom. The van der Waals surface area contributed by atoms with Gasteiger partial charge in [-0.3, -0.25) is 0 Å². The summed E-state index contributed by atoms with van der Waals surface area (Å²) in [5, 5.41) is 0.716. The van der Waals surface area contributed by atoms with Crippen LogP contribution in [0.2, 0.25) is 0 Å². The van der Waals surface area contributed by atoms with Crippen LogP contribution >= 0.6 is 11.8 Å². The van der Waals surface area contributed by atoms with Gasteiger partial charge in [-0.15, -0.1) is 0 Å². The van der Waals surface area contributed by atoms with Crippen LogP contribution in [-0.4, -0.2) is 24.7 Å². The van der Waals surface area contributed by atoms with Gasteiger partial charge in [0, 0.05) is 17.8 Å². The van der Waals surface area contributed by atoms with Crippen LogP contribution < -0.4 is 0 Å². The Bertz CT molecular complexity index is 238. The van der Waals surface area contributed by atoms with Crippen molar-refractivity contribution in [3.05, 3.63) is 0 Å². The maximum atomic E-state index is 5.77. The molecule has 0 saturated heterocycles. The maximum Gasteiger partial charge on any atom is 0.0751 e. The van der Waals surface area contributed by atoms with Crippen LogP contribution in [0.25, 0.3) is 0 Å². The van der Waals surface area contributed by atoms with Gasteiger partial charge in [0.15, 0.2) is 0 Å². The van der Waals surface area contributed by atoms with Gasteiger partial charge in [-0.05, 0) is 30.4 Å². The summed E-state index contributed by atoms with van der Waals surface area (Å²) in [6.45, 7) is 7.30. The summed E-state index contributed by atoms with van der Waals surface area (Å²) in [5.74, 6) is 0.854. The van der Waals surface area contributed by atoms with Gasteiger partial charge in [0.25, 0.3) is 0 Å². The van der Waals surface area contributed by atoms with E-state index in [1.807, 2.05) is 18.9 Å². The second-order valence-corrected chi connectivity index (χ2v) is 6.66. The molecule has 4 atom stereocenters. The number of hydrogen-bond donors (Lipinski definition) is 0. The Morgan fingerprint density at radius 3 is 2.36 bits per heavy atom. The van der Waals surface area contributed by atoms with Gasteiger partial charge in [-0.2, -0.15) is 11.8 Å². The van der Waals surface area contributed by atoms with Crippen LogP contribution in [-0.2, 0) is 4.74 Å². The Balaban J connectivity index is 2.38. The van der Waals surface area contributed by atoms with Crippen LogP contribution in [0.5, 0.6) is 0 Å². The molecule has 2 aliphatic carbocycles. The van der Waals surface area contributed by atoms with Gasteiger partial charge >= 0.3 is 0 Å². The van der Waals surface area contributed by atoms with Crippen molar-refractivity contribution in [2.75, 3.05) is 13.4 Å². The van der Waals surface area contributed by atoms with Gasteiger partial charge in [0.05, 0.1) is 6.10 Å². The highest BCUT2D eigenvalue weighted by atomic mass is 32.2. The van der Waals surface area contributed by atoms with E-state index in [-0.39, 0.29) is 0 Å². The molecule has 0 N–H and O–H groups in total. The summed E-state index contributed by atoms with van der Waals surface area (Å²) >= 11 is 2.00. The van der Waals surface area contributed by atoms with Crippen molar-refractivity contribution in [1.29, 1.82) is 0 Å². The van der Waals surface area contributed by atoms with Gasteiger partial charge in [0.1, 0.15) is 0 Å². The first-order chi connectivity index (χ1) is 6.49. The standard InChI is InChI=1S/C12H22OS/c1-11(2)8-6-7-12(11,3)10(13-4)9(8)14-5/h8-10H,6-7H2,1-5H3/t8-,9+,10-,12+/m1/s1. The first kappa shape index (κ1) is 10.8. The van der Waals surface area contributed by atoms with Gasteiger partial charge < -0.3 is 4.74 Å². The van der Waals surface area contributed by atoms with Crippen LogP contribution in [0.4, 0.5) is 0 Å². The average molecular weight is 214 g/mol. The average Bonchev–Trinajstić information content (AvgIpc) is 2.46. The Kier molecular flexibility index (Phi) is 2.43. The number of fused-ring (bicyclic) bond motifs is 2. The molecule has 0 heterocycles. The molecule has 2 rings (SSSR count). The third-order valence-corrected chi connectivity index (χ3v) is 6.34. The molecule has 2 saturated carbocycles. The summed E-state index contributed by atoms with van der Waals surface area (Å²) in [4.78, 5) is 0. The molecule has 0 amide bonds. The number of methoxy groups -OCH3 is 1. The van der Waals surface area contributed by atoms with Gasteiger partial charge in [-0.25, -0.2) is 0 Å². The molecule has 0 aromatic rings. The summed E-state index contributed by atoms with van der Waals surface area (Å²) < 4.78 is 5.77. The van der Waals surface area contributed by atoms with Crippen molar-refractivity contribution in [1.82, 2.24) is 0 Å². The monoisotopic (exact) mass is 214 g/mol. The van der Waals surface area contributed by atoms with E-state index in [0.717, 1.165) is 5.92 Å². The molecular formula is C12H22OS. The highest BCUT2D eigenvalue weighted by Crippen LogP contribution is 2.68. The normalized spacial score (nSPS) is 49.9. The molecule has 0 aromatic heterocycles. The zero-order valence-electron chi connectivity index (χ0n) is 9.96. The molecule has 14 heavy (non-hydrogen) atoms. The third-order valence-electron chi connectivity index (χ3n) is 5.22. The lowest BCUT2D eigenvalue weighted by atomic mass is 9.70. The van der Waals surface area contributed by atoms with Crippen molar-refractivity contribution in [3.63, 3.8) is 0 Å². The van der Waals surface area contributed by atoms with Gasteiger partial charge in [0.2, 0.25) is 0 Å². The zero-order valence-corrected chi connectivity index (χ0v) is 10.8. The lowest BCUT2D eigenvalue weighted by molar-refractivity contribution is -0.0176. The predicted molar refractivity (Wildman–Crippen MR) is 62.7 cm³/mol. The fourth-order valence-corrected chi connectivity index (χ4v) is 5.36. The molecule has 0 spiro atoms. The minimum atomic E-state index is 0.403. The second-order valence-electron chi connectivity index (χ2n) is 5.64. The molecule has 82 valence electrons. The predicted octanol–water partition coefficient (Wildman–Crippen LogP) is 3.19. The topological polar surface area (TPSA) is 9.23 Å². The molecule has 2 fully saturated rings. The minimum Gasteiger partial charge on any atom is -0.380 e. The lowest BCUT2D eigenvalue weighted by Gasteiger charge is -2.39. The van der Waals surface area contributed by atoms with Crippen molar-refractivity contribution in [2.24, 2.45) is 16.7 Å². The molecule has 1 nitrogen and oxygen atoms in total. The number of ether oxygens (including phenoxy) is 1. The quantitative estimate of drug-likeness (QED) is 0.698. The largest absolute Gasteiger partial charge is 0.380 e. The fraction of sp³-hybridized carbons (Fsp3) is 1.00. The Labute approximate surface area is 92.0 Å². The van der Waals surface area contributed by atoms with Crippen LogP contribution in [0.3, 0.4) is 0 Å². The van der Waals surface area contributed by atoms with E-state index in [9.17, 15) is 0 Å². The Hall–Kier alpha value is 0.310. The Morgan fingerprint density at radius 1 is 1.29 bits per heavy atom. The van der Waals surface area contributed by atoms with E-state index in [0.29, 0.717) is 22.2 Å². The van der Waals surface area contributed by atoms with E-state index in [1.165, 1.54) is 12.8 Å². The number of thioether (sulfide) groups is 1. The highest BCUT2D eigenvalue weighted by molar-refractivity contribution is 7.99. The SMILES string of the molecule is CO[C@@H]1[C@@H](SC)[C@H]2CC[C@]1(C)C2(C)C. The summed E-state index contributed by atoms with van der Waals surface area (Å²) in [5.41, 5.74) is 0.863. The number of rotatable bonds is 2. The molecule has 0 aromatic carbocycles. The minimum absolute atomic E-state index is 0.403. The van der Waals surface area contributed by atoms with E-state index in [1.54, 1.807) is 0 Å². The molecule has 2 aliphatic rings. The van der Waals surface area contributed by atoms with Crippen LogP contribution in [0.15, 0.2) is 0 Å². The summed E-state index contributed by atoms with van der Waals surface area (Å²) in [6, 6.07) is 0. The van der Waals surface area contributed by atoms with E-state index < -0.39 is 0 Å². The number of hydrogen-bond acceptors (Lipinski definition) is 2. The smallest absolute Gasteiger partial charge is 0.0751 e. The second kappa shape index (κ2) is 3.15. The summed E-state index contributed by atoms with van der Waals surface area (Å²) in [7, 11) is 1.88. The third kappa shape index (κ3) is 1.02. The molecule has 0 unspecified atom stereocenters. The molecule has 2 heteroatoms. The lowest BCUT2D eigenvalue weighted by Crippen LogP contribution is -2.39. The van der Waals surface area contributed by atoms with E-state index in [4.69, 9.17) is 4.74 Å². The highest BCUT2D eigenvalue weighted by Gasteiger charge is 2.66. The van der Waals surface area contributed by atoms with E-state index in [2.05, 4.69) is 27.0 Å². The van der Waals surface area contributed by atoms with Crippen molar-refractivity contribution >= 4 is 11.8 Å². The molecular weight excluding hydrogens is 192 g/mol. The first-order valence-corrected chi connectivity index (χ1v) is 6.83. The van der Waals surface area contributed by atoms with Crippen molar-refractivity contribution < 1.29 is 4.74 Å². The fourth-order valence-electron chi connectivity index (χ4n) is 3.90. The van der Waals surface area contributed by atoms with E-state index >= 15 is 0 Å². The van der Waals surface area contributed by atoms with Crippen LogP contribution in [0, 0.1) is 16.7 Å². The maximum absolute atomic E-state index is 5.77. The molecule has 0 radical (unpaired) electrons. The van der Waals surface area contributed by atoms with Crippen molar-refractivity contribution in [2.45, 2.75) is 45.0 Å². The first-order valence-electron chi connectivity index (χ1n) is 5.54. The van der Waals surface area contributed by atoms with Crippen LogP contribution in [0.1, 0.15) is 33.6 Å². The van der Waals surface area contributed by atoms with Gasteiger partial charge in [-0.1, -0.05) is 20.8 Å². The van der Waals surface area contributed by atoms with Crippen molar-refractivity contribution in [3.8, 4) is 0 Å².